The van der Waals surface area contributed by atoms with Gasteiger partial charge in [-0.2, -0.15) is 5.26 Å². The molecule has 0 heterocycles. The molecule has 0 saturated carbocycles. The van der Waals surface area contributed by atoms with Crippen molar-refractivity contribution in [3.05, 3.63) is 38.8 Å². The van der Waals surface area contributed by atoms with Gasteiger partial charge >= 0.3 is 0 Å². The number of nitrogens with two attached hydrogens (primary N) is 1. The largest absolute Gasteiger partial charge is 0.397 e. The summed E-state index contributed by atoms with van der Waals surface area (Å²) in [7, 11) is 0. The van der Waals surface area contributed by atoms with Crippen molar-refractivity contribution in [2.24, 2.45) is 5.73 Å². The Morgan fingerprint density at radius 3 is 2.79 bits per heavy atom. The molecule has 1 aromatic carbocycles. The molecule has 0 aliphatic heterocycles. The maximum absolute atomic E-state index is 8.68. The summed E-state index contributed by atoms with van der Waals surface area (Å²) in [5.74, 6) is 0. The van der Waals surface area contributed by atoms with E-state index in [4.69, 9.17) is 22.6 Å². The van der Waals surface area contributed by atoms with E-state index in [0.717, 1.165) is 4.47 Å². The lowest BCUT2D eigenvalue weighted by Gasteiger charge is -2.06. The molecule has 14 heavy (non-hydrogen) atoms. The molecule has 0 aromatic heterocycles. The van der Waals surface area contributed by atoms with E-state index in [0.29, 0.717) is 21.9 Å². The van der Waals surface area contributed by atoms with Crippen LogP contribution in [0.15, 0.2) is 28.2 Å². The Labute approximate surface area is 96.1 Å². The molecule has 2 nitrogen and oxygen atoms in total. The van der Waals surface area contributed by atoms with Gasteiger partial charge in [-0.15, -0.1) is 0 Å². The van der Waals surface area contributed by atoms with Crippen LogP contribution < -0.4 is 5.73 Å². The summed E-state index contributed by atoms with van der Waals surface area (Å²) >= 11 is 9.31. The Morgan fingerprint density at radius 1 is 1.57 bits per heavy atom. The van der Waals surface area contributed by atoms with Gasteiger partial charge < -0.3 is 5.73 Å². The molecule has 0 radical (unpaired) electrons. The summed E-state index contributed by atoms with van der Waals surface area (Å²) in [6.45, 7) is 1.66. The highest BCUT2D eigenvalue weighted by molar-refractivity contribution is 9.10. The third-order valence-corrected chi connectivity index (χ3v) is 3.11. The van der Waals surface area contributed by atoms with Crippen molar-refractivity contribution in [2.45, 2.75) is 6.92 Å². The normalized spacial score (nSPS) is 11.9. The van der Waals surface area contributed by atoms with Gasteiger partial charge in [0, 0.05) is 15.6 Å². The second-order valence-electron chi connectivity index (χ2n) is 2.75. The van der Waals surface area contributed by atoms with Gasteiger partial charge in [-0.05, 0) is 28.9 Å². The lowest BCUT2D eigenvalue weighted by Crippen LogP contribution is -2.00. The second-order valence-corrected chi connectivity index (χ2v) is 3.98. The van der Waals surface area contributed by atoms with Crippen LogP contribution in [0.3, 0.4) is 0 Å². The van der Waals surface area contributed by atoms with Crippen LogP contribution in [0.1, 0.15) is 12.5 Å². The molecule has 0 bridgehead atoms. The Morgan fingerprint density at radius 2 is 2.21 bits per heavy atom. The topological polar surface area (TPSA) is 49.8 Å². The third kappa shape index (κ3) is 2.09. The van der Waals surface area contributed by atoms with Gasteiger partial charge in [0.25, 0.3) is 0 Å². The van der Waals surface area contributed by atoms with Crippen LogP contribution in [0.2, 0.25) is 5.02 Å². The Kier molecular flexibility index (Phi) is 3.56. The fourth-order valence-corrected chi connectivity index (χ4v) is 1.57. The summed E-state index contributed by atoms with van der Waals surface area (Å²) in [5.41, 5.74) is 7.33. The Hall–Kier alpha value is -0.980. The number of nitriles is 1. The van der Waals surface area contributed by atoms with E-state index in [1.165, 1.54) is 0 Å². The number of hydrogen-bond donors (Lipinski definition) is 1. The molecule has 0 saturated heterocycles. The first kappa shape index (κ1) is 11.1. The van der Waals surface area contributed by atoms with Crippen LogP contribution in [0.5, 0.6) is 0 Å². The predicted octanol–water partition coefficient (Wildman–Crippen LogP) is 3.32. The average molecular weight is 272 g/mol. The standard InChI is InChI=1S/C10H8BrClN2/c1-6(5-13)10(14)7-3-2-4-8(11)9(7)12/h2-4H,14H2,1H3/b10-6-. The fourth-order valence-electron chi connectivity index (χ4n) is 0.974. The Balaban J connectivity index is 3.36. The highest BCUT2D eigenvalue weighted by Gasteiger charge is 2.08. The molecule has 0 spiro atoms. The van der Waals surface area contributed by atoms with Crippen molar-refractivity contribution in [2.75, 3.05) is 0 Å². The highest BCUT2D eigenvalue weighted by atomic mass is 79.9. The molecule has 1 rings (SSSR count). The first-order chi connectivity index (χ1) is 6.57. The van der Waals surface area contributed by atoms with E-state index in [1.54, 1.807) is 13.0 Å². The predicted molar refractivity (Wildman–Crippen MR) is 61.5 cm³/mol. The van der Waals surface area contributed by atoms with Gasteiger partial charge in [0.2, 0.25) is 0 Å². The van der Waals surface area contributed by atoms with Gasteiger partial charge in [-0.1, -0.05) is 23.7 Å². The van der Waals surface area contributed by atoms with Crippen LogP contribution in [0.4, 0.5) is 0 Å². The van der Waals surface area contributed by atoms with Crippen LogP contribution >= 0.6 is 27.5 Å². The maximum atomic E-state index is 8.68. The van der Waals surface area contributed by atoms with Crippen molar-refractivity contribution in [1.82, 2.24) is 0 Å². The molecule has 72 valence electrons. The molecule has 1 aromatic rings. The fraction of sp³-hybridized carbons (Fsp3) is 0.100. The van der Waals surface area contributed by atoms with E-state index in [9.17, 15) is 0 Å². The number of rotatable bonds is 1. The molecule has 0 aliphatic rings. The van der Waals surface area contributed by atoms with Crippen molar-refractivity contribution < 1.29 is 0 Å². The van der Waals surface area contributed by atoms with Gasteiger partial charge in [0.05, 0.1) is 16.8 Å². The Bertz CT molecular complexity index is 432. The lowest BCUT2D eigenvalue weighted by molar-refractivity contribution is 1.39. The number of nitrogens with zero attached hydrogens (tertiary/aromatic N) is 1. The van der Waals surface area contributed by atoms with Crippen molar-refractivity contribution in [3.63, 3.8) is 0 Å². The van der Waals surface area contributed by atoms with E-state index in [1.807, 2.05) is 18.2 Å². The molecule has 2 N–H and O–H groups in total. The van der Waals surface area contributed by atoms with Crippen molar-refractivity contribution in [3.8, 4) is 6.07 Å². The molecular formula is C10H8BrClN2. The summed E-state index contributed by atoms with van der Waals surface area (Å²) < 4.78 is 0.769. The molecule has 0 unspecified atom stereocenters. The third-order valence-electron chi connectivity index (χ3n) is 1.81. The van der Waals surface area contributed by atoms with E-state index >= 15 is 0 Å². The number of halogens is 2. The van der Waals surface area contributed by atoms with Crippen molar-refractivity contribution >= 4 is 33.2 Å². The first-order valence-corrected chi connectivity index (χ1v) is 5.06. The van der Waals surface area contributed by atoms with E-state index in [2.05, 4.69) is 15.9 Å². The van der Waals surface area contributed by atoms with E-state index < -0.39 is 0 Å². The second kappa shape index (κ2) is 4.50. The molecule has 0 atom stereocenters. The smallest absolute Gasteiger partial charge is 0.0965 e. The highest BCUT2D eigenvalue weighted by Crippen LogP contribution is 2.29. The van der Waals surface area contributed by atoms with Gasteiger partial charge in [0.15, 0.2) is 0 Å². The summed E-state index contributed by atoms with van der Waals surface area (Å²) in [5, 5.41) is 9.21. The van der Waals surface area contributed by atoms with E-state index in [-0.39, 0.29) is 0 Å². The van der Waals surface area contributed by atoms with Crippen LogP contribution in [-0.2, 0) is 0 Å². The van der Waals surface area contributed by atoms with Gasteiger partial charge in [-0.25, -0.2) is 0 Å². The zero-order valence-electron chi connectivity index (χ0n) is 7.51. The van der Waals surface area contributed by atoms with Crippen LogP contribution in [-0.4, -0.2) is 0 Å². The number of allylic oxidation sites excluding steroid dienone is 1. The molecule has 0 amide bonds. The van der Waals surface area contributed by atoms with Crippen LogP contribution in [0.25, 0.3) is 5.70 Å². The first-order valence-electron chi connectivity index (χ1n) is 3.88. The lowest BCUT2D eigenvalue weighted by atomic mass is 10.1. The minimum atomic E-state index is 0.416. The molecular weight excluding hydrogens is 263 g/mol. The zero-order chi connectivity index (χ0) is 10.7. The van der Waals surface area contributed by atoms with Gasteiger partial charge in [0.1, 0.15) is 0 Å². The molecule has 4 heteroatoms. The average Bonchev–Trinajstić information content (AvgIpc) is 2.20. The quantitative estimate of drug-likeness (QED) is 0.797. The van der Waals surface area contributed by atoms with Gasteiger partial charge in [-0.3, -0.25) is 0 Å². The summed E-state index contributed by atoms with van der Waals surface area (Å²) in [6, 6.07) is 7.41. The summed E-state index contributed by atoms with van der Waals surface area (Å²) in [6.07, 6.45) is 0. The number of benzene rings is 1. The minimum Gasteiger partial charge on any atom is -0.397 e. The minimum absolute atomic E-state index is 0.416. The summed E-state index contributed by atoms with van der Waals surface area (Å²) in [4.78, 5) is 0. The number of hydrogen-bond acceptors (Lipinski definition) is 2. The molecule has 0 fully saturated rings. The van der Waals surface area contributed by atoms with Crippen LogP contribution in [0, 0.1) is 11.3 Å². The van der Waals surface area contributed by atoms with Crippen molar-refractivity contribution in [1.29, 1.82) is 5.26 Å². The molecule has 0 aliphatic carbocycles. The maximum Gasteiger partial charge on any atom is 0.0965 e. The zero-order valence-corrected chi connectivity index (χ0v) is 9.85. The monoisotopic (exact) mass is 270 g/mol. The SMILES string of the molecule is C/C(C#N)=C(/N)c1cccc(Br)c1Cl.